The van der Waals surface area contributed by atoms with Crippen molar-refractivity contribution in [1.29, 1.82) is 0 Å². The Kier molecular flexibility index (Phi) is 8.18. The quantitative estimate of drug-likeness (QED) is 0.351. The first-order valence-corrected chi connectivity index (χ1v) is 9.22. The average Bonchev–Trinajstić information content (AvgIpc) is 2.70. The van der Waals surface area contributed by atoms with E-state index in [0.29, 0.717) is 6.61 Å². The largest absolute Gasteiger partial charge is 0.395 e. The lowest BCUT2D eigenvalue weighted by Crippen LogP contribution is -2.14. The van der Waals surface area contributed by atoms with Gasteiger partial charge < -0.3 is 14.8 Å². The Balaban J connectivity index is 0.00000280. The molecule has 3 rings (SSSR count). The van der Waals surface area contributed by atoms with Gasteiger partial charge in [0.2, 0.25) is 0 Å². The molecule has 0 unspecified atom stereocenters. The number of aliphatic hydroxyl groups excluding tert-OH is 1. The highest BCUT2D eigenvalue weighted by molar-refractivity contribution is 6.19. The molecule has 4 nitrogen and oxygen atoms in total. The topological polar surface area (TPSA) is 45.1 Å². The lowest BCUT2D eigenvalue weighted by Gasteiger charge is -2.12. The molecule has 0 radical (unpaired) electrons. The number of hydrogen-bond acceptors (Lipinski definition) is 4. The van der Waals surface area contributed by atoms with Crippen LogP contribution in [0.25, 0.3) is 10.8 Å². The van der Waals surface area contributed by atoms with Crippen molar-refractivity contribution in [2.45, 2.75) is 20.5 Å². The summed E-state index contributed by atoms with van der Waals surface area (Å²) in [5.41, 5.74) is 3.69. The van der Waals surface area contributed by atoms with E-state index >= 15 is 0 Å². The van der Waals surface area contributed by atoms with Crippen molar-refractivity contribution in [2.75, 3.05) is 27.2 Å². The fourth-order valence-corrected chi connectivity index (χ4v) is 3.01. The van der Waals surface area contributed by atoms with Crippen LogP contribution in [0.15, 0.2) is 71.9 Å². The third kappa shape index (κ3) is 5.41. The smallest absolute Gasteiger partial charge is 0.118 e. The van der Waals surface area contributed by atoms with Gasteiger partial charge in [-0.15, -0.1) is 0 Å². The molecule has 0 heterocycles. The Bertz CT molecular complexity index is 897. The molecular formula is C24H30N2O2. The van der Waals surface area contributed by atoms with Gasteiger partial charge in [0.25, 0.3) is 0 Å². The zero-order chi connectivity index (χ0) is 19.1. The molecule has 0 saturated heterocycles. The van der Waals surface area contributed by atoms with Gasteiger partial charge >= 0.3 is 0 Å². The molecule has 0 bridgehead atoms. The van der Waals surface area contributed by atoms with Crippen molar-refractivity contribution in [2.24, 2.45) is 5.16 Å². The maximum Gasteiger partial charge on any atom is 0.118 e. The van der Waals surface area contributed by atoms with Crippen LogP contribution >= 0.6 is 0 Å². The Morgan fingerprint density at radius 3 is 2.39 bits per heavy atom. The number of nitrogens with zero attached hydrogens (tertiary/aromatic N) is 2. The summed E-state index contributed by atoms with van der Waals surface area (Å²) in [4.78, 5) is 7.80. The van der Waals surface area contributed by atoms with Crippen LogP contribution in [0.3, 0.4) is 0 Å². The van der Waals surface area contributed by atoms with E-state index in [1.807, 2.05) is 56.6 Å². The minimum atomic E-state index is 0. The molecule has 0 atom stereocenters. The fourth-order valence-electron chi connectivity index (χ4n) is 3.01. The van der Waals surface area contributed by atoms with E-state index in [2.05, 4.69) is 34.3 Å². The van der Waals surface area contributed by atoms with Gasteiger partial charge in [0.15, 0.2) is 0 Å². The summed E-state index contributed by atoms with van der Waals surface area (Å²) in [7, 11) is 4.10. The highest BCUT2D eigenvalue weighted by atomic mass is 16.6. The molecule has 3 aromatic rings. The number of rotatable bonds is 8. The summed E-state index contributed by atoms with van der Waals surface area (Å²) >= 11 is 0. The number of oxime groups is 1. The molecule has 0 fully saturated rings. The third-order valence-corrected chi connectivity index (χ3v) is 4.45. The average molecular weight is 379 g/mol. The van der Waals surface area contributed by atoms with Crippen molar-refractivity contribution in [3.05, 3.63) is 83.4 Å². The van der Waals surface area contributed by atoms with Crippen LogP contribution in [0.1, 0.15) is 30.5 Å². The maximum atomic E-state index is 9.31. The van der Waals surface area contributed by atoms with E-state index in [0.717, 1.165) is 40.8 Å². The van der Waals surface area contributed by atoms with E-state index in [-0.39, 0.29) is 14.0 Å². The number of aliphatic hydroxyl groups is 1. The molecule has 0 amide bonds. The van der Waals surface area contributed by atoms with Crippen molar-refractivity contribution < 1.29 is 9.94 Å². The number of hydrogen-bond donors (Lipinski definition) is 1. The molecule has 0 aliphatic heterocycles. The Hall–Kier alpha value is -2.69. The molecule has 28 heavy (non-hydrogen) atoms. The first-order valence-electron chi connectivity index (χ1n) is 9.22. The second kappa shape index (κ2) is 10.6. The minimum absolute atomic E-state index is 0. The second-order valence-electron chi connectivity index (χ2n) is 6.81. The summed E-state index contributed by atoms with van der Waals surface area (Å²) in [5.74, 6) is 0. The standard InChI is InChI=1S/C23H26N2O2.CH4/c1-25(2)15-6-16-27-24-23(20-13-11-18(17-26)12-14-20)22-10-5-8-19-7-3-4-9-21(19)22;/h3-5,7-14,26H,6,15-17H2,1-2H3;1H4/b24-23-;. The summed E-state index contributed by atoms with van der Waals surface area (Å²) in [6.45, 7) is 1.56. The lowest BCUT2D eigenvalue weighted by molar-refractivity contribution is 0.135. The Labute approximate surface area is 168 Å². The van der Waals surface area contributed by atoms with Crippen LogP contribution in [0.2, 0.25) is 0 Å². The minimum Gasteiger partial charge on any atom is -0.395 e. The molecular weight excluding hydrogens is 348 g/mol. The highest BCUT2D eigenvalue weighted by Crippen LogP contribution is 2.22. The molecule has 0 aliphatic rings. The van der Waals surface area contributed by atoms with Gasteiger partial charge in [0, 0.05) is 17.7 Å². The van der Waals surface area contributed by atoms with Gasteiger partial charge in [-0.2, -0.15) is 0 Å². The molecule has 4 heteroatoms. The molecule has 0 saturated carbocycles. The summed E-state index contributed by atoms with van der Waals surface area (Å²) in [5, 5.41) is 16.1. The van der Waals surface area contributed by atoms with E-state index in [1.54, 1.807) is 0 Å². The van der Waals surface area contributed by atoms with E-state index in [9.17, 15) is 5.11 Å². The summed E-state index contributed by atoms with van der Waals surface area (Å²) in [6, 6.07) is 22.3. The fraction of sp³-hybridized carbons (Fsp3) is 0.292. The predicted molar refractivity (Wildman–Crippen MR) is 118 cm³/mol. The SMILES string of the molecule is C.CN(C)CCCO/N=C(/c1ccc(CO)cc1)c1cccc2ccccc12. The van der Waals surface area contributed by atoms with Crippen molar-refractivity contribution in [3.8, 4) is 0 Å². The van der Waals surface area contributed by atoms with Crippen LogP contribution in [0.5, 0.6) is 0 Å². The highest BCUT2D eigenvalue weighted by Gasteiger charge is 2.12. The van der Waals surface area contributed by atoms with Gasteiger partial charge in [-0.25, -0.2) is 0 Å². The van der Waals surface area contributed by atoms with Crippen LogP contribution in [0.4, 0.5) is 0 Å². The van der Waals surface area contributed by atoms with Gasteiger partial charge in [0.1, 0.15) is 12.3 Å². The zero-order valence-corrected chi connectivity index (χ0v) is 15.9. The van der Waals surface area contributed by atoms with Gasteiger partial charge in [-0.3, -0.25) is 0 Å². The molecule has 0 spiro atoms. The Morgan fingerprint density at radius 1 is 0.964 bits per heavy atom. The van der Waals surface area contributed by atoms with Crippen LogP contribution in [-0.4, -0.2) is 43.0 Å². The lowest BCUT2D eigenvalue weighted by atomic mass is 9.96. The Morgan fingerprint density at radius 2 is 1.68 bits per heavy atom. The molecule has 3 aromatic carbocycles. The van der Waals surface area contributed by atoms with Crippen molar-refractivity contribution in [3.63, 3.8) is 0 Å². The van der Waals surface area contributed by atoms with Crippen molar-refractivity contribution in [1.82, 2.24) is 4.90 Å². The summed E-state index contributed by atoms with van der Waals surface area (Å²) in [6.07, 6.45) is 0.919. The van der Waals surface area contributed by atoms with Gasteiger partial charge in [0.05, 0.1) is 6.61 Å². The zero-order valence-electron chi connectivity index (χ0n) is 15.9. The van der Waals surface area contributed by atoms with Crippen LogP contribution in [-0.2, 0) is 11.4 Å². The van der Waals surface area contributed by atoms with E-state index < -0.39 is 0 Å². The second-order valence-corrected chi connectivity index (χ2v) is 6.81. The van der Waals surface area contributed by atoms with E-state index in [1.165, 1.54) is 5.39 Å². The normalized spacial score (nSPS) is 11.5. The maximum absolute atomic E-state index is 9.31. The monoisotopic (exact) mass is 378 g/mol. The van der Waals surface area contributed by atoms with E-state index in [4.69, 9.17) is 4.84 Å². The summed E-state index contributed by atoms with van der Waals surface area (Å²) < 4.78 is 0. The molecule has 0 aliphatic carbocycles. The van der Waals surface area contributed by atoms with Crippen LogP contribution < -0.4 is 0 Å². The molecule has 0 aromatic heterocycles. The van der Waals surface area contributed by atoms with Gasteiger partial charge in [-0.1, -0.05) is 79.3 Å². The predicted octanol–water partition coefficient (Wildman–Crippen LogP) is 4.69. The van der Waals surface area contributed by atoms with Crippen LogP contribution in [0, 0.1) is 0 Å². The molecule has 1 N–H and O–H groups in total. The first kappa shape index (κ1) is 21.6. The number of benzene rings is 3. The number of fused-ring (bicyclic) bond motifs is 1. The van der Waals surface area contributed by atoms with Gasteiger partial charge in [-0.05, 0) is 36.9 Å². The molecule has 148 valence electrons. The first-order chi connectivity index (χ1) is 13.2. The van der Waals surface area contributed by atoms with Crippen molar-refractivity contribution >= 4 is 16.5 Å². The third-order valence-electron chi connectivity index (χ3n) is 4.45.